The number of aromatic nitrogens is 2. The molecule has 5 heteroatoms. The molecule has 1 aromatic rings. The maximum absolute atomic E-state index is 12.4. The quantitative estimate of drug-likeness (QED) is 0.780. The van der Waals surface area contributed by atoms with E-state index in [4.69, 9.17) is 11.6 Å². The molecule has 0 aromatic carbocycles. The van der Waals surface area contributed by atoms with Crippen LogP contribution < -0.4 is 4.90 Å². The Morgan fingerprint density at radius 3 is 2.47 bits per heavy atom. The zero-order chi connectivity index (χ0) is 10.7. The van der Waals surface area contributed by atoms with Gasteiger partial charge in [-0.1, -0.05) is 11.6 Å². The Kier molecular flexibility index (Phi) is 3.36. The number of halogens is 2. The third kappa shape index (κ3) is 2.56. The second kappa shape index (κ2) is 4.75. The van der Waals surface area contributed by atoms with Gasteiger partial charge in [0.05, 0.1) is 24.1 Å². The molecule has 0 atom stereocenters. The fourth-order valence-corrected chi connectivity index (χ4v) is 1.85. The fraction of sp³-hybridized carbons (Fsp3) is 0.600. The van der Waals surface area contributed by atoms with Crippen molar-refractivity contribution in [3.05, 3.63) is 17.4 Å². The van der Waals surface area contributed by atoms with Crippen LogP contribution in [-0.2, 0) is 0 Å². The molecule has 0 aliphatic carbocycles. The molecule has 1 aromatic heterocycles. The lowest BCUT2D eigenvalue weighted by molar-refractivity contribution is 0.306. The van der Waals surface area contributed by atoms with E-state index in [2.05, 4.69) is 14.9 Å². The minimum Gasteiger partial charge on any atom is -0.341 e. The Balaban J connectivity index is 1.98. The van der Waals surface area contributed by atoms with Gasteiger partial charge in [0.15, 0.2) is 0 Å². The monoisotopic (exact) mass is 229 g/mol. The summed E-state index contributed by atoms with van der Waals surface area (Å²) in [4.78, 5) is 10.4. The lowest BCUT2D eigenvalue weighted by Crippen LogP contribution is -2.35. The summed E-state index contributed by atoms with van der Waals surface area (Å²) in [5, 5.41) is 0.539. The van der Waals surface area contributed by atoms with E-state index in [1.807, 2.05) is 0 Å². The molecule has 0 amide bonds. The Labute approximate surface area is 93.3 Å². The van der Waals surface area contributed by atoms with E-state index in [1.54, 1.807) is 12.4 Å². The van der Waals surface area contributed by atoms with Gasteiger partial charge in [0, 0.05) is 13.1 Å². The molecule has 0 spiro atoms. The molecule has 1 saturated heterocycles. The Bertz CT molecular complexity index is 309. The highest BCUT2D eigenvalue weighted by molar-refractivity contribution is 6.30. The molecule has 2 rings (SSSR count). The van der Waals surface area contributed by atoms with E-state index in [1.165, 1.54) is 0 Å². The van der Waals surface area contributed by atoms with Gasteiger partial charge >= 0.3 is 0 Å². The van der Waals surface area contributed by atoms with Gasteiger partial charge in [0.2, 0.25) is 5.95 Å². The summed E-state index contributed by atoms with van der Waals surface area (Å²) in [6, 6.07) is 0. The largest absolute Gasteiger partial charge is 0.341 e. The van der Waals surface area contributed by atoms with E-state index in [0.29, 0.717) is 11.0 Å². The molecule has 0 bridgehead atoms. The molecule has 1 aliphatic rings. The van der Waals surface area contributed by atoms with Crippen LogP contribution in [0.15, 0.2) is 12.4 Å². The highest BCUT2D eigenvalue weighted by Crippen LogP contribution is 2.20. The average molecular weight is 230 g/mol. The van der Waals surface area contributed by atoms with Crippen LogP contribution in [0.3, 0.4) is 0 Å². The summed E-state index contributed by atoms with van der Waals surface area (Å²) in [5.41, 5.74) is 0. The molecule has 1 fully saturated rings. The predicted octanol–water partition coefficient (Wildman–Crippen LogP) is 2.32. The fourth-order valence-electron chi connectivity index (χ4n) is 1.76. The van der Waals surface area contributed by atoms with E-state index in [-0.39, 0.29) is 12.6 Å². The lowest BCUT2D eigenvalue weighted by atomic mass is 9.99. The van der Waals surface area contributed by atoms with E-state index in [9.17, 15) is 4.39 Å². The van der Waals surface area contributed by atoms with Gasteiger partial charge in [-0.05, 0) is 18.8 Å². The molecule has 15 heavy (non-hydrogen) atoms. The SMILES string of the molecule is FCC1CCN(c2ncc(Cl)cn2)CC1. The first kappa shape index (κ1) is 10.6. The number of rotatable bonds is 2. The van der Waals surface area contributed by atoms with Gasteiger partial charge in [-0.15, -0.1) is 0 Å². The van der Waals surface area contributed by atoms with Crippen LogP contribution in [0.5, 0.6) is 0 Å². The minimum absolute atomic E-state index is 0.213. The van der Waals surface area contributed by atoms with E-state index >= 15 is 0 Å². The molecule has 0 radical (unpaired) electrons. The van der Waals surface area contributed by atoms with Crippen molar-refractivity contribution in [2.45, 2.75) is 12.8 Å². The third-order valence-electron chi connectivity index (χ3n) is 2.72. The molecule has 0 N–H and O–H groups in total. The number of hydrogen-bond acceptors (Lipinski definition) is 3. The van der Waals surface area contributed by atoms with Crippen molar-refractivity contribution in [1.82, 2.24) is 9.97 Å². The highest BCUT2D eigenvalue weighted by Gasteiger charge is 2.20. The van der Waals surface area contributed by atoms with E-state index < -0.39 is 0 Å². The normalized spacial score (nSPS) is 18.1. The van der Waals surface area contributed by atoms with Crippen molar-refractivity contribution in [1.29, 1.82) is 0 Å². The summed E-state index contributed by atoms with van der Waals surface area (Å²) >= 11 is 5.70. The van der Waals surface area contributed by atoms with Crippen LogP contribution in [0.25, 0.3) is 0 Å². The molecule has 1 aliphatic heterocycles. The second-order valence-corrected chi connectivity index (χ2v) is 4.22. The van der Waals surface area contributed by atoms with Crippen molar-refractivity contribution in [3.63, 3.8) is 0 Å². The van der Waals surface area contributed by atoms with Crippen LogP contribution in [0, 0.1) is 5.92 Å². The maximum atomic E-state index is 12.4. The van der Waals surface area contributed by atoms with Gasteiger partial charge in [-0.25, -0.2) is 9.97 Å². The van der Waals surface area contributed by atoms with Gasteiger partial charge in [0.25, 0.3) is 0 Å². The molecule has 2 heterocycles. The number of hydrogen-bond donors (Lipinski definition) is 0. The first-order valence-electron chi connectivity index (χ1n) is 5.08. The Morgan fingerprint density at radius 2 is 1.93 bits per heavy atom. The number of alkyl halides is 1. The summed E-state index contributed by atoms with van der Waals surface area (Å²) in [5.74, 6) is 0.908. The highest BCUT2D eigenvalue weighted by atomic mass is 35.5. The van der Waals surface area contributed by atoms with Crippen molar-refractivity contribution in [3.8, 4) is 0 Å². The standard InChI is InChI=1S/C10H13ClFN3/c11-9-6-13-10(14-7-9)15-3-1-8(5-12)2-4-15/h6-8H,1-5H2. The van der Waals surface area contributed by atoms with Gasteiger partial charge in [-0.2, -0.15) is 0 Å². The predicted molar refractivity (Wildman–Crippen MR) is 58.0 cm³/mol. The average Bonchev–Trinajstić information content (AvgIpc) is 2.30. The molecule has 82 valence electrons. The number of nitrogens with zero attached hydrogens (tertiary/aromatic N) is 3. The number of piperidine rings is 1. The third-order valence-corrected chi connectivity index (χ3v) is 2.92. The van der Waals surface area contributed by atoms with Crippen LogP contribution >= 0.6 is 11.6 Å². The summed E-state index contributed by atoms with van der Waals surface area (Å²) < 4.78 is 12.4. The first-order chi connectivity index (χ1) is 7.29. The second-order valence-electron chi connectivity index (χ2n) is 3.79. The zero-order valence-corrected chi connectivity index (χ0v) is 9.12. The minimum atomic E-state index is -0.213. The van der Waals surface area contributed by atoms with Crippen LogP contribution in [-0.4, -0.2) is 29.7 Å². The molecule has 0 unspecified atom stereocenters. The molecule has 3 nitrogen and oxygen atoms in total. The lowest BCUT2D eigenvalue weighted by Gasteiger charge is -2.30. The summed E-state index contributed by atoms with van der Waals surface area (Å²) in [6.07, 6.45) is 4.93. The molecular formula is C10H13ClFN3. The maximum Gasteiger partial charge on any atom is 0.225 e. The van der Waals surface area contributed by atoms with Crippen LogP contribution in [0.1, 0.15) is 12.8 Å². The summed E-state index contributed by atoms with van der Waals surface area (Å²) in [7, 11) is 0. The zero-order valence-electron chi connectivity index (χ0n) is 8.37. The van der Waals surface area contributed by atoms with Crippen LogP contribution in [0.4, 0.5) is 10.3 Å². The van der Waals surface area contributed by atoms with Crippen molar-refractivity contribution in [2.24, 2.45) is 5.92 Å². The number of anilines is 1. The van der Waals surface area contributed by atoms with E-state index in [0.717, 1.165) is 25.9 Å². The van der Waals surface area contributed by atoms with Gasteiger partial charge in [-0.3, -0.25) is 4.39 Å². The molecular weight excluding hydrogens is 217 g/mol. The van der Waals surface area contributed by atoms with Crippen molar-refractivity contribution >= 4 is 17.5 Å². The Morgan fingerprint density at radius 1 is 1.33 bits per heavy atom. The topological polar surface area (TPSA) is 29.0 Å². The summed E-state index contributed by atoms with van der Waals surface area (Å²) in [6.45, 7) is 1.45. The van der Waals surface area contributed by atoms with Crippen molar-refractivity contribution < 1.29 is 4.39 Å². The molecule has 0 saturated carbocycles. The first-order valence-corrected chi connectivity index (χ1v) is 5.46. The van der Waals surface area contributed by atoms with Crippen LogP contribution in [0.2, 0.25) is 5.02 Å². The smallest absolute Gasteiger partial charge is 0.225 e. The van der Waals surface area contributed by atoms with Crippen molar-refractivity contribution in [2.75, 3.05) is 24.7 Å². The Hall–Kier alpha value is -0.900. The van der Waals surface area contributed by atoms with Gasteiger partial charge in [0.1, 0.15) is 0 Å². The van der Waals surface area contributed by atoms with Gasteiger partial charge < -0.3 is 4.90 Å².